The van der Waals surface area contributed by atoms with Crippen LogP contribution in [0, 0.1) is 22.7 Å². The molecule has 0 aliphatic carbocycles. The van der Waals surface area contributed by atoms with Gasteiger partial charge in [0, 0.05) is 11.6 Å². The summed E-state index contributed by atoms with van der Waals surface area (Å²) in [6.45, 7) is 0. The lowest BCUT2D eigenvalue weighted by Gasteiger charge is -2.13. The summed E-state index contributed by atoms with van der Waals surface area (Å²) in [5, 5.41) is 37.9. The van der Waals surface area contributed by atoms with E-state index in [1.165, 1.54) is 14.2 Å². The van der Waals surface area contributed by atoms with Crippen LogP contribution in [0.15, 0.2) is 24.3 Å². The first-order valence-corrected chi connectivity index (χ1v) is 6.18. The SMILES string of the molecule is COc1ccc(-c2c(C#N)cc(O)c(O)c2C#N)cc1OC. The highest BCUT2D eigenvalue weighted by Gasteiger charge is 2.20. The molecule has 0 saturated carbocycles. The highest BCUT2D eigenvalue weighted by atomic mass is 16.5. The molecule has 6 nitrogen and oxygen atoms in total. The summed E-state index contributed by atoms with van der Waals surface area (Å²) in [6, 6.07) is 9.68. The number of benzene rings is 2. The maximum atomic E-state index is 9.85. The molecule has 0 unspecified atom stereocenters. The van der Waals surface area contributed by atoms with Crippen molar-refractivity contribution in [2.45, 2.75) is 0 Å². The van der Waals surface area contributed by atoms with Crippen LogP contribution in [-0.2, 0) is 0 Å². The van der Waals surface area contributed by atoms with E-state index in [4.69, 9.17) is 9.47 Å². The van der Waals surface area contributed by atoms with Crippen molar-refractivity contribution in [1.82, 2.24) is 0 Å². The zero-order valence-electron chi connectivity index (χ0n) is 11.9. The van der Waals surface area contributed by atoms with Crippen molar-refractivity contribution in [2.75, 3.05) is 14.2 Å². The molecule has 110 valence electrons. The summed E-state index contributed by atoms with van der Waals surface area (Å²) in [6.07, 6.45) is 0. The topological polar surface area (TPSA) is 107 Å². The van der Waals surface area contributed by atoms with Gasteiger partial charge < -0.3 is 19.7 Å². The van der Waals surface area contributed by atoms with Crippen LogP contribution in [-0.4, -0.2) is 24.4 Å². The van der Waals surface area contributed by atoms with Crippen LogP contribution in [0.25, 0.3) is 11.1 Å². The van der Waals surface area contributed by atoms with Gasteiger partial charge in [-0.05, 0) is 17.7 Å². The molecular formula is C16H12N2O4. The van der Waals surface area contributed by atoms with Crippen molar-refractivity contribution in [2.24, 2.45) is 0 Å². The predicted octanol–water partition coefficient (Wildman–Crippen LogP) is 2.53. The van der Waals surface area contributed by atoms with Gasteiger partial charge in [-0.3, -0.25) is 0 Å². The first-order valence-electron chi connectivity index (χ1n) is 6.18. The van der Waals surface area contributed by atoms with E-state index in [9.17, 15) is 20.7 Å². The standard InChI is InChI=1S/C16H12N2O4/c1-21-13-4-3-9(6-14(13)22-2)15-10(7-17)5-12(19)16(20)11(15)8-18/h3-6,19-20H,1-2H3. The van der Waals surface area contributed by atoms with Crippen LogP contribution in [0.4, 0.5) is 0 Å². The summed E-state index contributed by atoms with van der Waals surface area (Å²) in [7, 11) is 2.96. The van der Waals surface area contributed by atoms with Crippen LogP contribution in [0.3, 0.4) is 0 Å². The molecule has 0 aromatic heterocycles. The maximum Gasteiger partial charge on any atom is 0.176 e. The Kier molecular flexibility index (Phi) is 4.06. The van der Waals surface area contributed by atoms with Gasteiger partial charge in [0.25, 0.3) is 0 Å². The van der Waals surface area contributed by atoms with Gasteiger partial charge in [-0.2, -0.15) is 10.5 Å². The molecule has 0 aliphatic heterocycles. The maximum absolute atomic E-state index is 9.85. The molecule has 0 saturated heterocycles. The Morgan fingerprint density at radius 2 is 1.64 bits per heavy atom. The quantitative estimate of drug-likeness (QED) is 0.843. The molecule has 0 fully saturated rings. The van der Waals surface area contributed by atoms with E-state index in [0.29, 0.717) is 17.1 Å². The van der Waals surface area contributed by atoms with Crippen molar-refractivity contribution in [3.8, 4) is 46.3 Å². The van der Waals surface area contributed by atoms with E-state index in [-0.39, 0.29) is 16.7 Å². The van der Waals surface area contributed by atoms with Crippen molar-refractivity contribution >= 4 is 0 Å². The predicted molar refractivity (Wildman–Crippen MR) is 77.7 cm³/mol. The molecule has 0 aliphatic rings. The van der Waals surface area contributed by atoms with Crippen molar-refractivity contribution in [1.29, 1.82) is 10.5 Å². The minimum Gasteiger partial charge on any atom is -0.504 e. The molecule has 0 amide bonds. The number of methoxy groups -OCH3 is 2. The largest absolute Gasteiger partial charge is 0.504 e. The summed E-state index contributed by atoms with van der Waals surface area (Å²) >= 11 is 0. The lowest BCUT2D eigenvalue weighted by molar-refractivity contribution is 0.355. The van der Waals surface area contributed by atoms with E-state index in [1.807, 2.05) is 12.1 Å². The zero-order chi connectivity index (χ0) is 16.3. The van der Waals surface area contributed by atoms with Gasteiger partial charge in [0.1, 0.15) is 11.6 Å². The van der Waals surface area contributed by atoms with Crippen molar-refractivity contribution in [3.63, 3.8) is 0 Å². The number of phenols is 2. The second-order valence-corrected chi connectivity index (χ2v) is 4.34. The Balaban J connectivity index is 2.81. The molecule has 2 aromatic carbocycles. The Bertz CT molecular complexity index is 816. The minimum atomic E-state index is -0.564. The van der Waals surface area contributed by atoms with Crippen LogP contribution < -0.4 is 9.47 Å². The fraction of sp³-hybridized carbons (Fsp3) is 0.125. The third-order valence-electron chi connectivity index (χ3n) is 3.18. The molecule has 2 aromatic rings. The van der Waals surface area contributed by atoms with Crippen LogP contribution in [0.5, 0.6) is 23.0 Å². The Hall–Kier alpha value is -3.38. The molecule has 2 rings (SSSR count). The fourth-order valence-electron chi connectivity index (χ4n) is 2.15. The number of phenolic OH excluding ortho intramolecular Hbond substituents is 2. The molecule has 0 radical (unpaired) electrons. The van der Waals surface area contributed by atoms with E-state index in [1.54, 1.807) is 18.2 Å². The van der Waals surface area contributed by atoms with Gasteiger partial charge in [0.15, 0.2) is 23.0 Å². The number of aromatic hydroxyl groups is 2. The number of rotatable bonds is 3. The highest BCUT2D eigenvalue weighted by Crippen LogP contribution is 2.41. The van der Waals surface area contributed by atoms with Gasteiger partial charge in [-0.25, -0.2) is 0 Å². The first kappa shape index (κ1) is 15.0. The average Bonchev–Trinajstić information content (AvgIpc) is 2.55. The third kappa shape index (κ3) is 2.34. The Morgan fingerprint density at radius 3 is 2.18 bits per heavy atom. The number of hydrogen-bond donors (Lipinski definition) is 2. The Labute approximate surface area is 127 Å². The third-order valence-corrected chi connectivity index (χ3v) is 3.18. The van der Waals surface area contributed by atoms with E-state index in [0.717, 1.165) is 6.07 Å². The number of nitrogens with zero attached hydrogens (tertiary/aromatic N) is 2. The van der Waals surface area contributed by atoms with Crippen LogP contribution >= 0.6 is 0 Å². The lowest BCUT2D eigenvalue weighted by atomic mass is 9.94. The minimum absolute atomic E-state index is 0.0686. The molecular weight excluding hydrogens is 284 g/mol. The van der Waals surface area contributed by atoms with Crippen molar-refractivity contribution < 1.29 is 19.7 Å². The van der Waals surface area contributed by atoms with E-state index in [2.05, 4.69) is 0 Å². The zero-order valence-corrected chi connectivity index (χ0v) is 11.9. The molecule has 6 heteroatoms. The first-order chi connectivity index (χ1) is 10.6. The number of ether oxygens (including phenoxy) is 2. The average molecular weight is 296 g/mol. The number of nitriles is 2. The summed E-state index contributed by atoms with van der Waals surface area (Å²) < 4.78 is 10.3. The smallest absolute Gasteiger partial charge is 0.176 e. The van der Waals surface area contributed by atoms with Crippen LogP contribution in [0.2, 0.25) is 0 Å². The summed E-state index contributed by atoms with van der Waals surface area (Å²) in [4.78, 5) is 0. The molecule has 2 N–H and O–H groups in total. The molecule has 0 spiro atoms. The Morgan fingerprint density at radius 1 is 0.955 bits per heavy atom. The van der Waals surface area contributed by atoms with Gasteiger partial charge in [-0.1, -0.05) is 6.07 Å². The van der Waals surface area contributed by atoms with Gasteiger partial charge in [0.05, 0.1) is 25.9 Å². The van der Waals surface area contributed by atoms with Gasteiger partial charge in [-0.15, -0.1) is 0 Å². The molecule has 0 atom stereocenters. The second kappa shape index (κ2) is 5.94. The monoisotopic (exact) mass is 296 g/mol. The molecule has 0 heterocycles. The molecule has 22 heavy (non-hydrogen) atoms. The van der Waals surface area contributed by atoms with E-state index >= 15 is 0 Å². The lowest BCUT2D eigenvalue weighted by Crippen LogP contribution is -1.94. The van der Waals surface area contributed by atoms with E-state index < -0.39 is 11.5 Å². The van der Waals surface area contributed by atoms with Gasteiger partial charge >= 0.3 is 0 Å². The summed E-state index contributed by atoms with van der Waals surface area (Å²) in [5.41, 5.74) is 0.602. The molecule has 0 bridgehead atoms. The number of hydrogen-bond acceptors (Lipinski definition) is 6. The summed E-state index contributed by atoms with van der Waals surface area (Å²) in [5.74, 6) is -0.171. The van der Waals surface area contributed by atoms with Crippen LogP contribution in [0.1, 0.15) is 11.1 Å². The van der Waals surface area contributed by atoms with Gasteiger partial charge in [0.2, 0.25) is 0 Å². The second-order valence-electron chi connectivity index (χ2n) is 4.34. The fourth-order valence-corrected chi connectivity index (χ4v) is 2.15. The normalized spacial score (nSPS) is 9.64. The van der Waals surface area contributed by atoms with Crippen molar-refractivity contribution in [3.05, 3.63) is 35.4 Å². The highest BCUT2D eigenvalue weighted by molar-refractivity contribution is 5.82.